The summed E-state index contributed by atoms with van der Waals surface area (Å²) in [6, 6.07) is 11.8. The van der Waals surface area contributed by atoms with Gasteiger partial charge in [-0.05, 0) is 59.9 Å². The second-order valence-electron chi connectivity index (χ2n) is 4.80. The first-order valence-electron chi connectivity index (χ1n) is 7.26. The van der Waals surface area contributed by atoms with Crippen molar-refractivity contribution in [1.82, 2.24) is 14.9 Å². The molecule has 0 aliphatic heterocycles. The van der Waals surface area contributed by atoms with Gasteiger partial charge in [0.15, 0.2) is 5.82 Å². The minimum atomic E-state index is 0.465. The Bertz CT molecular complexity index is 832. The number of hydrogen-bond donors (Lipinski definition) is 1. The highest BCUT2D eigenvalue weighted by Crippen LogP contribution is 2.22. The molecule has 3 aromatic rings. The zero-order valence-corrected chi connectivity index (χ0v) is 14.2. The maximum absolute atomic E-state index is 5.57. The fourth-order valence-electron chi connectivity index (χ4n) is 1.96. The number of thiophene rings is 1. The molecule has 2 heterocycles. The first-order valence-corrected chi connectivity index (χ1v) is 8.55. The fraction of sp³-hybridized carbons (Fsp3) is 0.188. The van der Waals surface area contributed by atoms with E-state index >= 15 is 0 Å². The van der Waals surface area contributed by atoms with Crippen LogP contribution in [0.4, 0.5) is 0 Å². The molecule has 2 aromatic heterocycles. The molecule has 0 amide bonds. The molecule has 0 atom stereocenters. The predicted octanol–water partition coefficient (Wildman–Crippen LogP) is 4.34. The second-order valence-corrected chi connectivity index (χ2v) is 6.14. The number of nitrogens with zero attached hydrogens (tertiary/aromatic N) is 3. The summed E-state index contributed by atoms with van der Waals surface area (Å²) >= 11 is 6.84. The van der Waals surface area contributed by atoms with Crippen molar-refractivity contribution in [2.45, 2.75) is 13.3 Å². The number of rotatable bonds is 6. The van der Waals surface area contributed by atoms with Crippen molar-refractivity contribution < 1.29 is 4.74 Å². The summed E-state index contributed by atoms with van der Waals surface area (Å²) in [5, 5.41) is 13.5. The van der Waals surface area contributed by atoms with E-state index < -0.39 is 0 Å². The van der Waals surface area contributed by atoms with Gasteiger partial charge in [0.1, 0.15) is 5.75 Å². The summed E-state index contributed by atoms with van der Waals surface area (Å²) in [7, 11) is 0. The van der Waals surface area contributed by atoms with Crippen LogP contribution in [0.2, 0.25) is 0 Å². The standard InChI is InChI=1S/C16H16N4OS2/c1-2-9-21-13-7-5-12(6-8-13)11-17-20-15(18-19-16(20)22)14-4-3-10-23-14/h3-8,10-11H,2,9H2,1H3,(H,19,22)/b17-11-. The molecule has 0 radical (unpaired) electrons. The van der Waals surface area contributed by atoms with Crippen molar-refractivity contribution >= 4 is 29.8 Å². The number of aromatic amines is 1. The average Bonchev–Trinajstić information content (AvgIpc) is 3.21. The van der Waals surface area contributed by atoms with E-state index in [-0.39, 0.29) is 0 Å². The Kier molecular flexibility index (Phi) is 4.99. The van der Waals surface area contributed by atoms with Gasteiger partial charge in [-0.1, -0.05) is 13.0 Å². The van der Waals surface area contributed by atoms with Crippen LogP contribution in [0.1, 0.15) is 18.9 Å². The SMILES string of the molecule is CCCOc1ccc(/C=N\n2c(-c3cccs3)n[nH]c2=S)cc1. The van der Waals surface area contributed by atoms with Gasteiger partial charge in [0.2, 0.25) is 4.77 Å². The summed E-state index contributed by atoms with van der Waals surface area (Å²) < 4.78 is 7.66. The lowest BCUT2D eigenvalue weighted by molar-refractivity contribution is 0.317. The van der Waals surface area contributed by atoms with Gasteiger partial charge >= 0.3 is 0 Å². The minimum Gasteiger partial charge on any atom is -0.494 e. The lowest BCUT2D eigenvalue weighted by Crippen LogP contribution is -1.96. The van der Waals surface area contributed by atoms with E-state index in [1.807, 2.05) is 41.8 Å². The zero-order valence-electron chi connectivity index (χ0n) is 12.6. The Hall–Kier alpha value is -2.25. The predicted molar refractivity (Wildman–Crippen MR) is 95.9 cm³/mol. The summed E-state index contributed by atoms with van der Waals surface area (Å²) in [6.07, 6.45) is 2.75. The van der Waals surface area contributed by atoms with Gasteiger partial charge in [-0.2, -0.15) is 14.9 Å². The number of ether oxygens (including phenoxy) is 1. The second kappa shape index (κ2) is 7.34. The highest BCUT2D eigenvalue weighted by molar-refractivity contribution is 7.71. The van der Waals surface area contributed by atoms with Gasteiger partial charge in [-0.15, -0.1) is 11.3 Å². The summed E-state index contributed by atoms with van der Waals surface area (Å²) in [5.41, 5.74) is 0.967. The van der Waals surface area contributed by atoms with Crippen molar-refractivity contribution in [3.8, 4) is 16.5 Å². The molecule has 7 heteroatoms. The van der Waals surface area contributed by atoms with Gasteiger partial charge in [0, 0.05) is 0 Å². The lowest BCUT2D eigenvalue weighted by Gasteiger charge is -2.04. The van der Waals surface area contributed by atoms with Crippen LogP contribution >= 0.6 is 23.6 Å². The molecule has 1 N–H and O–H groups in total. The largest absolute Gasteiger partial charge is 0.494 e. The molecule has 0 saturated carbocycles. The van der Waals surface area contributed by atoms with Crippen molar-refractivity contribution in [1.29, 1.82) is 0 Å². The molecule has 0 unspecified atom stereocenters. The Labute approximate surface area is 143 Å². The fourth-order valence-corrected chi connectivity index (χ4v) is 2.84. The Morgan fingerprint density at radius 2 is 2.17 bits per heavy atom. The van der Waals surface area contributed by atoms with Gasteiger partial charge in [0.25, 0.3) is 0 Å². The third kappa shape index (κ3) is 3.75. The Morgan fingerprint density at radius 1 is 1.35 bits per heavy atom. The number of H-pyrrole nitrogens is 1. The maximum Gasteiger partial charge on any atom is 0.216 e. The highest BCUT2D eigenvalue weighted by atomic mass is 32.1. The van der Waals surface area contributed by atoms with E-state index in [0.29, 0.717) is 10.6 Å². The van der Waals surface area contributed by atoms with Crippen LogP contribution in [0.5, 0.6) is 5.75 Å². The molecule has 0 bridgehead atoms. The van der Waals surface area contributed by atoms with Crippen molar-refractivity contribution in [3.63, 3.8) is 0 Å². The molecule has 3 rings (SSSR count). The third-order valence-corrected chi connectivity index (χ3v) is 4.20. The van der Waals surface area contributed by atoms with Crippen LogP contribution in [0, 0.1) is 4.77 Å². The van der Waals surface area contributed by atoms with Gasteiger partial charge in [0.05, 0.1) is 17.7 Å². The van der Waals surface area contributed by atoms with Crippen LogP contribution in [-0.4, -0.2) is 27.7 Å². The molecule has 0 fully saturated rings. The molecule has 0 saturated heterocycles. The van der Waals surface area contributed by atoms with Crippen LogP contribution in [0.25, 0.3) is 10.7 Å². The van der Waals surface area contributed by atoms with Gasteiger partial charge in [-0.25, -0.2) is 5.10 Å². The molecular formula is C16H16N4OS2. The maximum atomic E-state index is 5.57. The number of benzene rings is 1. The van der Waals surface area contributed by atoms with Crippen LogP contribution in [0.15, 0.2) is 46.9 Å². The average molecular weight is 344 g/mol. The minimum absolute atomic E-state index is 0.465. The van der Waals surface area contributed by atoms with Crippen LogP contribution in [0.3, 0.4) is 0 Å². The monoisotopic (exact) mass is 344 g/mol. The normalized spacial score (nSPS) is 11.2. The third-order valence-electron chi connectivity index (χ3n) is 3.07. The number of hydrogen-bond acceptors (Lipinski definition) is 5. The van der Waals surface area contributed by atoms with Gasteiger partial charge < -0.3 is 4.74 Å². The van der Waals surface area contributed by atoms with Crippen LogP contribution < -0.4 is 4.74 Å². The first-order chi connectivity index (χ1) is 11.3. The van der Waals surface area contributed by atoms with E-state index in [9.17, 15) is 0 Å². The van der Waals surface area contributed by atoms with E-state index in [4.69, 9.17) is 17.0 Å². The van der Waals surface area contributed by atoms with E-state index in [0.717, 1.165) is 29.2 Å². The quantitative estimate of drug-likeness (QED) is 0.534. The van der Waals surface area contributed by atoms with Crippen LogP contribution in [-0.2, 0) is 0 Å². The topological polar surface area (TPSA) is 55.2 Å². The number of aromatic nitrogens is 3. The molecule has 0 aliphatic rings. The number of nitrogens with one attached hydrogen (secondary N) is 1. The van der Waals surface area contributed by atoms with E-state index in [1.165, 1.54) is 0 Å². The molecular weight excluding hydrogens is 328 g/mol. The molecule has 0 aliphatic carbocycles. The molecule has 23 heavy (non-hydrogen) atoms. The molecule has 118 valence electrons. The summed E-state index contributed by atoms with van der Waals surface area (Å²) in [5.74, 6) is 1.58. The Morgan fingerprint density at radius 3 is 2.87 bits per heavy atom. The smallest absolute Gasteiger partial charge is 0.216 e. The van der Waals surface area contributed by atoms with Gasteiger partial charge in [-0.3, -0.25) is 0 Å². The highest BCUT2D eigenvalue weighted by Gasteiger charge is 2.08. The van der Waals surface area contributed by atoms with E-state index in [2.05, 4.69) is 22.2 Å². The summed E-state index contributed by atoms with van der Waals surface area (Å²) in [4.78, 5) is 1.01. The van der Waals surface area contributed by atoms with Crippen molar-refractivity contribution in [3.05, 3.63) is 52.1 Å². The van der Waals surface area contributed by atoms with Crippen molar-refractivity contribution in [2.75, 3.05) is 6.61 Å². The molecule has 5 nitrogen and oxygen atoms in total. The lowest BCUT2D eigenvalue weighted by atomic mass is 10.2. The zero-order chi connectivity index (χ0) is 16.1. The van der Waals surface area contributed by atoms with Crippen molar-refractivity contribution in [2.24, 2.45) is 5.10 Å². The molecule has 1 aromatic carbocycles. The summed E-state index contributed by atoms with van der Waals surface area (Å²) in [6.45, 7) is 2.81. The Balaban J connectivity index is 1.81. The first kappa shape index (κ1) is 15.6. The van der Waals surface area contributed by atoms with E-state index in [1.54, 1.807) is 22.2 Å². The molecule has 0 spiro atoms.